The summed E-state index contributed by atoms with van der Waals surface area (Å²) in [6, 6.07) is 0.410. The summed E-state index contributed by atoms with van der Waals surface area (Å²) in [5, 5.41) is 10.1. The molecule has 2 aliphatic rings. The van der Waals surface area contributed by atoms with Crippen molar-refractivity contribution in [3.8, 4) is 0 Å². The fourth-order valence-electron chi connectivity index (χ4n) is 2.47. The number of rotatable bonds is 3. The van der Waals surface area contributed by atoms with Gasteiger partial charge >= 0.3 is 0 Å². The van der Waals surface area contributed by atoms with Crippen LogP contribution < -0.4 is 0 Å². The van der Waals surface area contributed by atoms with Crippen molar-refractivity contribution in [2.75, 3.05) is 32.9 Å². The Bertz CT molecular complexity index is 218. The summed E-state index contributed by atoms with van der Waals surface area (Å²) >= 11 is 0. The average Bonchev–Trinajstić information content (AvgIpc) is 2.76. The Labute approximate surface area is 97.5 Å². The smallest absolute Gasteiger partial charge is 0.0718 e. The Balaban J connectivity index is 1.82. The zero-order valence-corrected chi connectivity index (χ0v) is 10.3. The third-order valence-electron chi connectivity index (χ3n) is 3.67. The Hall–Kier alpha value is -0.160. The van der Waals surface area contributed by atoms with Gasteiger partial charge in [-0.2, -0.15) is 0 Å². The van der Waals surface area contributed by atoms with Gasteiger partial charge in [0.2, 0.25) is 0 Å². The number of hydrogen-bond acceptors (Lipinski definition) is 4. The number of β-amino-alcohol motifs (C(OH)–C–C–N with tert-alkyl or cyclic N) is 1. The van der Waals surface area contributed by atoms with Gasteiger partial charge in [-0.1, -0.05) is 0 Å². The molecule has 0 aromatic heterocycles. The van der Waals surface area contributed by atoms with Crippen molar-refractivity contribution in [1.29, 1.82) is 0 Å². The molecular weight excluding hydrogens is 206 g/mol. The van der Waals surface area contributed by atoms with Crippen molar-refractivity contribution in [3.05, 3.63) is 0 Å². The third kappa shape index (κ3) is 2.94. The third-order valence-corrected chi connectivity index (χ3v) is 3.67. The highest BCUT2D eigenvalue weighted by Gasteiger charge is 2.30. The van der Waals surface area contributed by atoms with Crippen LogP contribution in [0.1, 0.15) is 20.3 Å². The summed E-state index contributed by atoms with van der Waals surface area (Å²) in [5.74, 6) is 0.324. The summed E-state index contributed by atoms with van der Waals surface area (Å²) in [6.07, 6.45) is 1.02. The van der Waals surface area contributed by atoms with Crippen LogP contribution in [0.15, 0.2) is 0 Å². The maximum absolute atomic E-state index is 10.1. The Morgan fingerprint density at radius 1 is 1.38 bits per heavy atom. The first kappa shape index (κ1) is 12.3. The van der Waals surface area contributed by atoms with Crippen LogP contribution in [0.25, 0.3) is 0 Å². The van der Waals surface area contributed by atoms with E-state index in [0.29, 0.717) is 12.0 Å². The minimum absolute atomic E-state index is 0.254. The van der Waals surface area contributed by atoms with Gasteiger partial charge in [-0.3, -0.25) is 4.90 Å². The lowest BCUT2D eigenvalue weighted by Gasteiger charge is -2.38. The number of aliphatic hydroxyl groups excluding tert-OH is 1. The van der Waals surface area contributed by atoms with Crippen LogP contribution in [0.3, 0.4) is 0 Å². The first-order valence-electron chi connectivity index (χ1n) is 6.28. The number of morpholine rings is 1. The molecule has 4 atom stereocenters. The van der Waals surface area contributed by atoms with Crippen LogP contribution in [0.5, 0.6) is 0 Å². The molecule has 2 heterocycles. The van der Waals surface area contributed by atoms with E-state index >= 15 is 0 Å². The predicted molar refractivity (Wildman–Crippen MR) is 61.4 cm³/mol. The normalized spacial score (nSPS) is 38.8. The molecule has 4 nitrogen and oxygen atoms in total. The van der Waals surface area contributed by atoms with Crippen LogP contribution in [0.4, 0.5) is 0 Å². The van der Waals surface area contributed by atoms with E-state index in [1.54, 1.807) is 0 Å². The molecule has 0 saturated carbocycles. The van der Waals surface area contributed by atoms with Crippen LogP contribution in [-0.4, -0.2) is 61.2 Å². The highest BCUT2D eigenvalue weighted by atomic mass is 16.5. The SMILES string of the molecule is CC1CN(CC(O)C2CCOC2)C(C)CO1. The molecule has 0 aromatic carbocycles. The molecule has 2 rings (SSSR count). The van der Waals surface area contributed by atoms with E-state index in [-0.39, 0.29) is 12.2 Å². The summed E-state index contributed by atoms with van der Waals surface area (Å²) in [5.41, 5.74) is 0. The van der Waals surface area contributed by atoms with Crippen molar-refractivity contribution >= 4 is 0 Å². The van der Waals surface area contributed by atoms with E-state index in [0.717, 1.165) is 39.3 Å². The number of hydrogen-bond donors (Lipinski definition) is 1. The van der Waals surface area contributed by atoms with Crippen molar-refractivity contribution in [2.45, 2.75) is 38.5 Å². The highest BCUT2D eigenvalue weighted by Crippen LogP contribution is 2.19. The van der Waals surface area contributed by atoms with Gasteiger partial charge < -0.3 is 14.6 Å². The van der Waals surface area contributed by atoms with Gasteiger partial charge in [-0.15, -0.1) is 0 Å². The van der Waals surface area contributed by atoms with E-state index < -0.39 is 0 Å². The molecule has 1 N–H and O–H groups in total. The van der Waals surface area contributed by atoms with Crippen molar-refractivity contribution in [3.63, 3.8) is 0 Å². The summed E-state index contributed by atoms with van der Waals surface area (Å²) in [7, 11) is 0. The van der Waals surface area contributed by atoms with E-state index in [4.69, 9.17) is 9.47 Å². The molecule has 4 unspecified atom stereocenters. The lowest BCUT2D eigenvalue weighted by molar-refractivity contribution is -0.0674. The fourth-order valence-corrected chi connectivity index (χ4v) is 2.47. The van der Waals surface area contributed by atoms with Crippen LogP contribution >= 0.6 is 0 Å². The molecule has 0 spiro atoms. The molecular formula is C12H23NO3. The van der Waals surface area contributed by atoms with Gasteiger partial charge in [0.15, 0.2) is 0 Å². The van der Waals surface area contributed by atoms with Gasteiger partial charge in [-0.25, -0.2) is 0 Å². The summed E-state index contributed by atoms with van der Waals surface area (Å²) in [4.78, 5) is 2.33. The average molecular weight is 229 g/mol. The Kier molecular flexibility index (Phi) is 4.19. The fraction of sp³-hybridized carbons (Fsp3) is 1.00. The lowest BCUT2D eigenvalue weighted by Crippen LogP contribution is -2.51. The molecule has 0 aromatic rings. The first-order valence-corrected chi connectivity index (χ1v) is 6.28. The zero-order valence-electron chi connectivity index (χ0n) is 10.3. The second-order valence-corrected chi connectivity index (χ2v) is 5.14. The van der Waals surface area contributed by atoms with Crippen molar-refractivity contribution < 1.29 is 14.6 Å². The molecule has 2 fully saturated rings. The minimum Gasteiger partial charge on any atom is -0.391 e. The van der Waals surface area contributed by atoms with Crippen molar-refractivity contribution in [2.24, 2.45) is 5.92 Å². The maximum Gasteiger partial charge on any atom is 0.0718 e. The predicted octanol–water partition coefficient (Wildman–Crippen LogP) is 0.493. The van der Waals surface area contributed by atoms with Crippen LogP contribution in [-0.2, 0) is 9.47 Å². The number of ether oxygens (including phenoxy) is 2. The Morgan fingerprint density at radius 2 is 2.19 bits per heavy atom. The van der Waals surface area contributed by atoms with Gasteiger partial charge in [0.25, 0.3) is 0 Å². The quantitative estimate of drug-likeness (QED) is 0.765. The van der Waals surface area contributed by atoms with E-state index in [1.165, 1.54) is 0 Å². The summed E-state index contributed by atoms with van der Waals surface area (Å²) < 4.78 is 10.9. The Morgan fingerprint density at radius 3 is 2.88 bits per heavy atom. The lowest BCUT2D eigenvalue weighted by atomic mass is 10.0. The van der Waals surface area contributed by atoms with Gasteiger partial charge in [0.05, 0.1) is 25.4 Å². The van der Waals surface area contributed by atoms with E-state index in [2.05, 4.69) is 18.7 Å². The molecule has 2 aliphatic heterocycles. The minimum atomic E-state index is -0.254. The highest BCUT2D eigenvalue weighted by molar-refractivity contribution is 4.81. The first-order chi connectivity index (χ1) is 7.66. The van der Waals surface area contributed by atoms with E-state index in [9.17, 15) is 5.11 Å². The van der Waals surface area contributed by atoms with Crippen LogP contribution in [0, 0.1) is 5.92 Å². The van der Waals surface area contributed by atoms with E-state index in [1.807, 2.05) is 0 Å². The molecule has 16 heavy (non-hydrogen) atoms. The van der Waals surface area contributed by atoms with Gasteiger partial charge in [-0.05, 0) is 20.3 Å². The zero-order chi connectivity index (χ0) is 11.5. The second kappa shape index (κ2) is 5.45. The number of nitrogens with zero attached hydrogens (tertiary/aromatic N) is 1. The molecule has 0 amide bonds. The molecule has 4 heteroatoms. The van der Waals surface area contributed by atoms with Crippen molar-refractivity contribution in [1.82, 2.24) is 4.90 Å². The monoisotopic (exact) mass is 229 g/mol. The largest absolute Gasteiger partial charge is 0.391 e. The standard InChI is InChI=1S/C12H23NO3/c1-9-7-16-10(2)5-13(9)6-12(14)11-3-4-15-8-11/h9-12,14H,3-8H2,1-2H3. The topological polar surface area (TPSA) is 41.9 Å². The second-order valence-electron chi connectivity index (χ2n) is 5.14. The molecule has 0 bridgehead atoms. The van der Waals surface area contributed by atoms with Crippen LogP contribution in [0.2, 0.25) is 0 Å². The molecule has 94 valence electrons. The maximum atomic E-state index is 10.1. The number of aliphatic hydroxyl groups is 1. The van der Waals surface area contributed by atoms with Gasteiger partial charge in [0, 0.05) is 31.7 Å². The molecule has 0 radical (unpaired) electrons. The van der Waals surface area contributed by atoms with Gasteiger partial charge in [0.1, 0.15) is 0 Å². The summed E-state index contributed by atoms with van der Waals surface area (Å²) in [6.45, 7) is 8.21. The molecule has 0 aliphatic carbocycles. The molecule has 2 saturated heterocycles.